The Balaban J connectivity index is 2.04. The molecule has 3 rings (SSSR count). The van der Waals surface area contributed by atoms with Gasteiger partial charge in [-0.1, -0.05) is 12.8 Å². The Morgan fingerprint density at radius 1 is 1.00 bits per heavy atom. The van der Waals surface area contributed by atoms with E-state index in [9.17, 15) is 26.3 Å². The largest absolute Gasteiger partial charge is 0.416 e. The lowest BCUT2D eigenvalue weighted by atomic mass is 9.92. The summed E-state index contributed by atoms with van der Waals surface area (Å²) in [6.45, 7) is 2.32. The topological polar surface area (TPSA) is 15.3 Å². The lowest BCUT2D eigenvalue weighted by Crippen LogP contribution is -2.45. The Morgan fingerprint density at radius 3 is 2.16 bits per heavy atom. The molecule has 0 unspecified atom stereocenters. The highest BCUT2D eigenvalue weighted by Crippen LogP contribution is 2.45. The molecular weight excluding hydrogens is 346 g/mol. The highest BCUT2D eigenvalue weighted by atomic mass is 19.4. The summed E-state index contributed by atoms with van der Waals surface area (Å²) in [5.41, 5.74) is -2.22. The van der Waals surface area contributed by atoms with Crippen molar-refractivity contribution in [3.63, 3.8) is 0 Å². The molecule has 0 radical (unpaired) electrons. The van der Waals surface area contributed by atoms with E-state index in [-0.39, 0.29) is 5.56 Å². The first-order valence-corrected chi connectivity index (χ1v) is 8.39. The molecule has 140 valence electrons. The van der Waals surface area contributed by atoms with E-state index < -0.39 is 29.5 Å². The molecule has 1 saturated heterocycles. The first-order chi connectivity index (χ1) is 11.7. The zero-order valence-corrected chi connectivity index (χ0v) is 13.6. The molecule has 1 aromatic rings. The molecule has 25 heavy (non-hydrogen) atoms. The molecule has 1 atom stereocenters. The van der Waals surface area contributed by atoms with Crippen LogP contribution in [0.2, 0.25) is 0 Å². The van der Waals surface area contributed by atoms with Crippen molar-refractivity contribution < 1.29 is 26.3 Å². The summed E-state index contributed by atoms with van der Waals surface area (Å²) in [5, 5.41) is 3.13. The third-order valence-corrected chi connectivity index (χ3v) is 4.89. The summed E-state index contributed by atoms with van der Waals surface area (Å²) in [4.78, 5) is 1.89. The predicted octanol–water partition coefficient (Wildman–Crippen LogP) is 4.47. The van der Waals surface area contributed by atoms with Crippen molar-refractivity contribution in [3.8, 4) is 0 Å². The van der Waals surface area contributed by atoms with Gasteiger partial charge in [0.2, 0.25) is 0 Å². The Morgan fingerprint density at radius 2 is 1.64 bits per heavy atom. The van der Waals surface area contributed by atoms with Crippen LogP contribution < -0.4 is 5.32 Å². The van der Waals surface area contributed by atoms with Crippen molar-refractivity contribution in [2.24, 2.45) is 5.92 Å². The van der Waals surface area contributed by atoms with E-state index in [1.165, 1.54) is 0 Å². The van der Waals surface area contributed by atoms with Crippen molar-refractivity contribution in [3.05, 3.63) is 34.9 Å². The Hall–Kier alpha value is -1.28. The van der Waals surface area contributed by atoms with Crippen LogP contribution in [0.5, 0.6) is 0 Å². The summed E-state index contributed by atoms with van der Waals surface area (Å²) in [7, 11) is 0. The van der Waals surface area contributed by atoms with E-state index in [1.807, 2.05) is 4.90 Å². The van der Waals surface area contributed by atoms with Crippen LogP contribution in [-0.4, -0.2) is 31.1 Å². The average Bonchev–Trinajstić information content (AvgIpc) is 3.35. The summed E-state index contributed by atoms with van der Waals surface area (Å²) in [6, 6.07) is 1.18. The highest BCUT2D eigenvalue weighted by Gasteiger charge is 2.41. The van der Waals surface area contributed by atoms with Crippen molar-refractivity contribution in [2.75, 3.05) is 26.2 Å². The van der Waals surface area contributed by atoms with Crippen LogP contribution in [-0.2, 0) is 12.4 Å². The monoisotopic (exact) mass is 366 g/mol. The van der Waals surface area contributed by atoms with Gasteiger partial charge in [0.05, 0.1) is 11.1 Å². The normalized spacial score (nSPS) is 21.4. The van der Waals surface area contributed by atoms with Crippen LogP contribution >= 0.6 is 0 Å². The lowest BCUT2D eigenvalue weighted by Gasteiger charge is -2.36. The number of benzene rings is 1. The number of hydrogen-bond acceptors (Lipinski definition) is 2. The van der Waals surface area contributed by atoms with Crippen LogP contribution in [0.3, 0.4) is 0 Å². The molecule has 1 aromatic carbocycles. The fourth-order valence-electron chi connectivity index (χ4n) is 3.41. The van der Waals surface area contributed by atoms with Gasteiger partial charge >= 0.3 is 12.4 Å². The van der Waals surface area contributed by atoms with Gasteiger partial charge in [0.15, 0.2) is 0 Å². The summed E-state index contributed by atoms with van der Waals surface area (Å²) in [5.74, 6) is 0.301. The summed E-state index contributed by atoms with van der Waals surface area (Å²) in [6.07, 6.45) is -6.99. The second-order valence-corrected chi connectivity index (χ2v) is 6.78. The zero-order chi connectivity index (χ0) is 18.2. The molecule has 8 heteroatoms. The standard InChI is InChI=1S/C17H20F6N2/c18-16(19,20)12-3-4-14(17(21,22)23)13(10-12)15(9-11-1-2-11)25-7-5-24-6-8-25/h3-4,10-11,15,24H,1-2,5-9H2/t15-/m1/s1. The van der Waals surface area contributed by atoms with Gasteiger partial charge in [-0.3, -0.25) is 4.90 Å². The number of hydrogen-bond donors (Lipinski definition) is 1. The van der Waals surface area contributed by atoms with E-state index in [0.29, 0.717) is 56.7 Å². The van der Waals surface area contributed by atoms with Gasteiger partial charge in [-0.2, -0.15) is 26.3 Å². The second-order valence-electron chi connectivity index (χ2n) is 6.78. The average molecular weight is 366 g/mol. The molecule has 1 aliphatic heterocycles. The van der Waals surface area contributed by atoms with Crippen molar-refractivity contribution >= 4 is 0 Å². The third kappa shape index (κ3) is 4.47. The minimum atomic E-state index is -4.67. The maximum absolute atomic E-state index is 13.4. The quantitative estimate of drug-likeness (QED) is 0.791. The first-order valence-electron chi connectivity index (χ1n) is 8.39. The molecule has 0 aromatic heterocycles. The molecule has 2 aliphatic rings. The summed E-state index contributed by atoms with van der Waals surface area (Å²) >= 11 is 0. The van der Waals surface area contributed by atoms with Crippen LogP contribution in [0.25, 0.3) is 0 Å². The predicted molar refractivity (Wildman–Crippen MR) is 81.0 cm³/mol. The van der Waals surface area contributed by atoms with Crippen LogP contribution in [0.15, 0.2) is 18.2 Å². The van der Waals surface area contributed by atoms with Gasteiger partial charge in [-0.25, -0.2) is 0 Å². The number of rotatable bonds is 4. The van der Waals surface area contributed by atoms with Crippen molar-refractivity contribution in [1.82, 2.24) is 10.2 Å². The molecule has 0 spiro atoms. The minimum Gasteiger partial charge on any atom is -0.314 e. The Bertz CT molecular complexity index is 600. The zero-order valence-electron chi connectivity index (χ0n) is 13.6. The molecule has 2 nitrogen and oxygen atoms in total. The molecule has 1 heterocycles. The van der Waals surface area contributed by atoms with Crippen molar-refractivity contribution in [2.45, 2.75) is 37.7 Å². The van der Waals surface area contributed by atoms with Crippen LogP contribution in [0.1, 0.15) is 42.0 Å². The fraction of sp³-hybridized carbons (Fsp3) is 0.647. The molecule has 0 amide bonds. The number of alkyl halides is 6. The van der Waals surface area contributed by atoms with Crippen LogP contribution in [0.4, 0.5) is 26.3 Å². The SMILES string of the molecule is FC(F)(F)c1ccc(C(F)(F)F)c([C@@H](CC2CC2)N2CCNCC2)c1. The number of nitrogens with zero attached hydrogens (tertiary/aromatic N) is 1. The number of halogens is 6. The van der Waals surface area contributed by atoms with E-state index in [2.05, 4.69) is 5.32 Å². The minimum absolute atomic E-state index is 0.240. The van der Waals surface area contributed by atoms with E-state index in [0.717, 1.165) is 12.8 Å². The second kappa shape index (κ2) is 6.79. The molecule has 2 fully saturated rings. The van der Waals surface area contributed by atoms with Gasteiger partial charge < -0.3 is 5.32 Å². The van der Waals surface area contributed by atoms with Gasteiger partial charge in [0.1, 0.15) is 0 Å². The lowest BCUT2D eigenvalue weighted by molar-refractivity contribution is -0.142. The van der Waals surface area contributed by atoms with Crippen molar-refractivity contribution in [1.29, 1.82) is 0 Å². The first kappa shape index (κ1) is 18.5. The summed E-state index contributed by atoms with van der Waals surface area (Å²) < 4.78 is 79.6. The maximum Gasteiger partial charge on any atom is 0.416 e. The smallest absolute Gasteiger partial charge is 0.314 e. The maximum atomic E-state index is 13.4. The van der Waals surface area contributed by atoms with E-state index >= 15 is 0 Å². The molecule has 1 N–H and O–H groups in total. The van der Waals surface area contributed by atoms with Gasteiger partial charge in [0, 0.05) is 32.2 Å². The molecular formula is C17H20F6N2. The van der Waals surface area contributed by atoms with Gasteiger partial charge in [-0.15, -0.1) is 0 Å². The molecule has 1 saturated carbocycles. The van der Waals surface area contributed by atoms with Gasteiger partial charge in [0.25, 0.3) is 0 Å². The fourth-order valence-corrected chi connectivity index (χ4v) is 3.41. The molecule has 0 bridgehead atoms. The Kier molecular flexibility index (Phi) is 5.03. The molecule has 1 aliphatic carbocycles. The number of nitrogens with one attached hydrogen (secondary N) is 1. The number of piperazine rings is 1. The highest BCUT2D eigenvalue weighted by molar-refractivity contribution is 5.38. The van der Waals surface area contributed by atoms with Crippen LogP contribution in [0, 0.1) is 5.92 Å². The van der Waals surface area contributed by atoms with E-state index in [4.69, 9.17) is 0 Å². The van der Waals surface area contributed by atoms with E-state index in [1.54, 1.807) is 0 Å². The Labute approximate surface area is 142 Å². The van der Waals surface area contributed by atoms with Gasteiger partial charge in [-0.05, 0) is 36.1 Å². The third-order valence-electron chi connectivity index (χ3n) is 4.89.